The zero-order chi connectivity index (χ0) is 62.5. The Hall–Kier alpha value is -8.44. The van der Waals surface area contributed by atoms with E-state index in [4.69, 9.17) is 15.2 Å². The van der Waals surface area contributed by atoms with Gasteiger partial charge in [-0.2, -0.15) is 4.99 Å². The van der Waals surface area contributed by atoms with Gasteiger partial charge in [-0.3, -0.25) is 58.0 Å². The van der Waals surface area contributed by atoms with Gasteiger partial charge in [-0.15, -0.1) is 0 Å². The molecule has 0 aromatic heterocycles. The number of aliphatic carboxylic acids is 3. The van der Waals surface area contributed by atoms with Crippen molar-refractivity contribution in [2.24, 2.45) is 10.7 Å². The smallest absolute Gasteiger partial charge is 0.344 e. The number of carboxylic acids is 3. The van der Waals surface area contributed by atoms with Gasteiger partial charge in [-0.1, -0.05) is 61.5 Å². The van der Waals surface area contributed by atoms with Crippen LogP contribution in [0.1, 0.15) is 68.1 Å². The lowest BCUT2D eigenvalue weighted by Gasteiger charge is -2.32. The van der Waals surface area contributed by atoms with E-state index >= 15 is 0 Å². The number of carbonyl (C=O) groups excluding carboxylic acids is 6. The van der Waals surface area contributed by atoms with Gasteiger partial charge in [0.25, 0.3) is 0 Å². The summed E-state index contributed by atoms with van der Waals surface area (Å²) in [5.74, 6) is -5.15. The van der Waals surface area contributed by atoms with Gasteiger partial charge in [0, 0.05) is 104 Å². The Morgan fingerprint density at radius 3 is 1.72 bits per heavy atom. The van der Waals surface area contributed by atoms with Crippen molar-refractivity contribution < 1.29 is 73.1 Å². The highest BCUT2D eigenvalue weighted by atomic mass is 16.5. The summed E-state index contributed by atoms with van der Waals surface area (Å²) in [7, 11) is 0. The number of aliphatic imine (C=N–C) groups is 1. The van der Waals surface area contributed by atoms with Crippen molar-refractivity contribution in [3.63, 3.8) is 0 Å². The second-order valence-corrected chi connectivity index (χ2v) is 20.3. The first-order chi connectivity index (χ1) is 41.4. The van der Waals surface area contributed by atoms with Crippen LogP contribution < -0.4 is 47.7 Å². The molecule has 0 aliphatic carbocycles. The van der Waals surface area contributed by atoms with E-state index < -0.39 is 47.7 Å². The van der Waals surface area contributed by atoms with Crippen LogP contribution in [0.15, 0.2) is 83.9 Å². The molecule has 472 valence electrons. The number of hydrogen-bond donors (Lipinski definition) is 12. The average Bonchev–Trinajstić information content (AvgIpc) is 1.84. The van der Waals surface area contributed by atoms with Crippen LogP contribution in [0.4, 0.5) is 4.79 Å². The van der Waals surface area contributed by atoms with Gasteiger partial charge in [-0.05, 0) is 66.6 Å². The highest BCUT2D eigenvalue weighted by molar-refractivity contribution is 5.93. The number of aromatic hydroxyl groups is 1. The van der Waals surface area contributed by atoms with E-state index in [1.807, 2.05) is 35.2 Å². The van der Waals surface area contributed by atoms with Crippen LogP contribution in [-0.4, -0.2) is 237 Å². The molecule has 1 heterocycles. The average molecular weight is 1200 g/mol. The van der Waals surface area contributed by atoms with Gasteiger partial charge in [0.05, 0.1) is 51.9 Å². The molecule has 4 rings (SSSR count). The molecular formula is C58H85N13O15. The van der Waals surface area contributed by atoms with Gasteiger partial charge < -0.3 is 72.9 Å². The Morgan fingerprint density at radius 1 is 0.558 bits per heavy atom. The predicted molar refractivity (Wildman–Crippen MR) is 317 cm³/mol. The van der Waals surface area contributed by atoms with Crippen molar-refractivity contribution in [3.05, 3.63) is 95.6 Å². The number of phenolic OH excluding ortho intramolecular Hbond substituents is 1. The number of nitrogens with one attached hydrogen (secondary N) is 7. The number of phenols is 1. The van der Waals surface area contributed by atoms with Gasteiger partial charge in [0.15, 0.2) is 5.96 Å². The molecule has 1 unspecified atom stereocenters. The van der Waals surface area contributed by atoms with E-state index in [9.17, 15) is 63.6 Å². The summed E-state index contributed by atoms with van der Waals surface area (Å²) in [5, 5.41) is 57.6. The van der Waals surface area contributed by atoms with E-state index in [0.717, 1.165) is 5.56 Å². The Morgan fingerprint density at radius 2 is 1.12 bits per heavy atom. The van der Waals surface area contributed by atoms with Crippen LogP contribution in [0, 0.1) is 0 Å². The number of carboxylic acid groups (broad SMARTS) is 3. The lowest BCUT2D eigenvalue weighted by Crippen LogP contribution is -2.50. The zero-order valence-electron chi connectivity index (χ0n) is 48.8. The van der Waals surface area contributed by atoms with Crippen LogP contribution >= 0.6 is 0 Å². The first-order valence-electron chi connectivity index (χ1n) is 28.8. The molecule has 28 heteroatoms. The number of benzene rings is 3. The predicted octanol–water partition coefficient (Wildman–Crippen LogP) is -0.481. The fourth-order valence-corrected chi connectivity index (χ4v) is 8.89. The van der Waals surface area contributed by atoms with Crippen LogP contribution in [-0.2, 0) is 49.6 Å². The summed E-state index contributed by atoms with van der Waals surface area (Å²) < 4.78 is 11.7. The second-order valence-electron chi connectivity index (χ2n) is 20.3. The molecule has 28 nitrogen and oxygen atoms in total. The highest BCUT2D eigenvalue weighted by Crippen LogP contribution is 2.28. The van der Waals surface area contributed by atoms with E-state index in [2.05, 4.69) is 42.2 Å². The number of carbonyl (C=O) groups is 9. The Kier molecular flexibility index (Phi) is 32.6. The molecular weight excluding hydrogens is 1120 g/mol. The van der Waals surface area contributed by atoms with Crippen molar-refractivity contribution in [2.45, 2.75) is 64.0 Å². The van der Waals surface area contributed by atoms with Crippen LogP contribution in [0.5, 0.6) is 11.5 Å². The minimum absolute atomic E-state index is 0.0393. The van der Waals surface area contributed by atoms with Crippen LogP contribution in [0.2, 0.25) is 0 Å². The maximum atomic E-state index is 14.4. The van der Waals surface area contributed by atoms with Gasteiger partial charge in [0.1, 0.15) is 17.5 Å². The van der Waals surface area contributed by atoms with E-state index in [1.54, 1.807) is 58.0 Å². The van der Waals surface area contributed by atoms with E-state index in [0.29, 0.717) is 68.8 Å². The third-order valence-electron chi connectivity index (χ3n) is 13.4. The standard InChI is InChI=1S/C58H85N13O15/c1-2-48(73)61-22-23-64-58(84)67-57(59)63-21-9-14-47(55(82)65-37-42-15-17-45(72)18-16-42)66-56(83)54(43-10-4-3-5-11-43)44-12-8-13-46(36-44)86-33-7-6-20-60-49(74)19-34-85-35-24-62-50(75)38-68-25-27-69(39-51(76)77)29-31-71(41-53(80)81)32-30-70(28-26-68)40-52(78)79/h3-5,8,10-13,15-18,36,47,54,72H,2,6-7,9,14,19-35,37-41H2,1H3,(H,60,74)(H,61,73)(H,62,75)(H,65,82)(H,66,83)(H,76,77)(H,78,79)(H,80,81)(H4,59,63,64,67,84)/t47?,54-/m1/s1. The summed E-state index contributed by atoms with van der Waals surface area (Å²) in [6, 6.07) is 20.9. The number of nitrogens with two attached hydrogens (primary N) is 1. The molecule has 3 aromatic carbocycles. The van der Waals surface area contributed by atoms with E-state index in [1.165, 1.54) is 12.1 Å². The number of rotatable bonds is 35. The zero-order valence-corrected chi connectivity index (χ0v) is 48.8. The minimum Gasteiger partial charge on any atom is -0.508 e. The Balaban J connectivity index is 1.22. The largest absolute Gasteiger partial charge is 0.508 e. The Bertz CT molecular complexity index is 2620. The highest BCUT2D eigenvalue weighted by Gasteiger charge is 2.29. The summed E-state index contributed by atoms with van der Waals surface area (Å²) in [6.07, 6.45) is 2.10. The molecule has 0 saturated carbocycles. The Labute approximate surface area is 500 Å². The molecule has 13 N–H and O–H groups in total. The lowest BCUT2D eigenvalue weighted by atomic mass is 9.90. The first kappa shape index (κ1) is 70.0. The first-order valence-corrected chi connectivity index (χ1v) is 28.8. The van der Waals surface area contributed by atoms with Crippen molar-refractivity contribution in [3.8, 4) is 11.5 Å². The topological polar surface area (TPSA) is 389 Å². The summed E-state index contributed by atoms with van der Waals surface area (Å²) in [6.45, 7) is 4.90. The summed E-state index contributed by atoms with van der Waals surface area (Å²) in [4.78, 5) is 123. The number of ether oxygens (including phenoxy) is 2. The van der Waals surface area contributed by atoms with E-state index in [-0.39, 0.29) is 154 Å². The van der Waals surface area contributed by atoms with Crippen molar-refractivity contribution in [1.29, 1.82) is 0 Å². The van der Waals surface area contributed by atoms with Crippen LogP contribution in [0.25, 0.3) is 0 Å². The SMILES string of the molecule is CCC(=O)NCCNC(=O)/N=C(/N)NCCCC(NC(=O)[C@H](c1ccccc1)c1cccc(OCCCCNC(=O)CCOCCNC(=O)CN2CCN(CC(=O)O)CCN(CC(=O)O)CCN(CC(=O)O)CC2)c1)C(=O)NCc1ccc(O)cc1. The number of amides is 7. The molecule has 7 amide bonds. The molecule has 1 saturated heterocycles. The number of unbranched alkanes of at least 4 members (excludes halogenated alkanes) is 1. The molecule has 0 radical (unpaired) electrons. The maximum absolute atomic E-state index is 14.4. The molecule has 1 aliphatic heterocycles. The fraction of sp³-hybridized carbons (Fsp3) is 0.517. The number of hydrogen-bond acceptors (Lipinski definition) is 16. The second kappa shape index (κ2) is 40.0. The molecule has 0 bridgehead atoms. The lowest BCUT2D eigenvalue weighted by molar-refractivity contribution is -0.140. The normalized spacial score (nSPS) is 14.6. The number of nitrogens with zero attached hydrogens (tertiary/aromatic N) is 5. The number of guanidine groups is 1. The van der Waals surface area contributed by atoms with Crippen molar-refractivity contribution in [1.82, 2.24) is 56.8 Å². The quantitative estimate of drug-likeness (QED) is 0.0201. The van der Waals surface area contributed by atoms with Crippen molar-refractivity contribution >= 4 is 59.4 Å². The van der Waals surface area contributed by atoms with Gasteiger partial charge in [-0.25, -0.2) is 4.79 Å². The third kappa shape index (κ3) is 29.9. The fourth-order valence-electron chi connectivity index (χ4n) is 8.89. The maximum Gasteiger partial charge on any atom is 0.344 e. The minimum atomic E-state index is -1.05. The molecule has 1 fully saturated rings. The van der Waals surface area contributed by atoms with Crippen LogP contribution in [0.3, 0.4) is 0 Å². The number of urea groups is 1. The molecule has 3 aromatic rings. The summed E-state index contributed by atoms with van der Waals surface area (Å²) in [5.41, 5.74) is 7.94. The monoisotopic (exact) mass is 1200 g/mol. The molecule has 0 spiro atoms. The molecule has 1 aliphatic rings. The van der Waals surface area contributed by atoms with Crippen molar-refractivity contribution in [2.75, 3.05) is 131 Å². The molecule has 86 heavy (non-hydrogen) atoms. The molecule has 2 atom stereocenters. The third-order valence-corrected chi connectivity index (χ3v) is 13.4. The summed E-state index contributed by atoms with van der Waals surface area (Å²) >= 11 is 0. The van der Waals surface area contributed by atoms with Gasteiger partial charge >= 0.3 is 23.9 Å². The van der Waals surface area contributed by atoms with Gasteiger partial charge in [0.2, 0.25) is 29.5 Å².